The first-order chi connectivity index (χ1) is 7.13. The Kier molecular flexibility index (Phi) is 2.91. The van der Waals surface area contributed by atoms with Crippen molar-refractivity contribution < 1.29 is 9.18 Å². The first-order valence-corrected chi connectivity index (χ1v) is 5.90. The Morgan fingerprint density at radius 1 is 1.53 bits per heavy atom. The van der Waals surface area contributed by atoms with Crippen molar-refractivity contribution in [2.24, 2.45) is 5.92 Å². The predicted molar refractivity (Wildman–Crippen MR) is 60.2 cm³/mol. The van der Waals surface area contributed by atoms with Crippen LogP contribution in [-0.4, -0.2) is 5.78 Å². The SMILES string of the molecule is CCC1C(=O)CC1c1ccc(F)cc1Br. The highest BCUT2D eigenvalue weighted by atomic mass is 79.9. The van der Waals surface area contributed by atoms with E-state index in [1.807, 2.05) is 6.92 Å². The summed E-state index contributed by atoms with van der Waals surface area (Å²) in [5, 5.41) is 0. The van der Waals surface area contributed by atoms with Crippen LogP contribution in [0, 0.1) is 11.7 Å². The summed E-state index contributed by atoms with van der Waals surface area (Å²) in [6.45, 7) is 2.02. The van der Waals surface area contributed by atoms with E-state index in [9.17, 15) is 9.18 Å². The average Bonchev–Trinajstić information content (AvgIpc) is 2.16. The molecule has 1 aromatic rings. The molecule has 2 atom stereocenters. The Morgan fingerprint density at radius 3 is 2.80 bits per heavy atom. The third-order valence-corrected chi connectivity index (χ3v) is 3.81. The Bertz CT molecular complexity index is 403. The third-order valence-electron chi connectivity index (χ3n) is 3.12. The largest absolute Gasteiger partial charge is 0.299 e. The molecule has 0 aromatic heterocycles. The fourth-order valence-corrected chi connectivity index (χ4v) is 2.86. The Balaban J connectivity index is 2.27. The topological polar surface area (TPSA) is 17.1 Å². The van der Waals surface area contributed by atoms with E-state index in [2.05, 4.69) is 15.9 Å². The molecule has 0 aliphatic heterocycles. The normalized spacial score (nSPS) is 25.1. The molecule has 0 saturated heterocycles. The van der Waals surface area contributed by atoms with Crippen molar-refractivity contribution in [3.05, 3.63) is 34.1 Å². The zero-order valence-corrected chi connectivity index (χ0v) is 10.1. The molecule has 0 bridgehead atoms. The average molecular weight is 271 g/mol. The van der Waals surface area contributed by atoms with E-state index in [1.165, 1.54) is 12.1 Å². The highest BCUT2D eigenvalue weighted by Gasteiger charge is 2.39. The highest BCUT2D eigenvalue weighted by Crippen LogP contribution is 2.43. The van der Waals surface area contributed by atoms with Gasteiger partial charge in [0.15, 0.2) is 0 Å². The van der Waals surface area contributed by atoms with E-state index >= 15 is 0 Å². The molecular formula is C12H12BrFO. The number of Topliss-reactive ketones (excluding diaryl/α,β-unsaturated/α-hetero) is 1. The summed E-state index contributed by atoms with van der Waals surface area (Å²) in [4.78, 5) is 11.3. The van der Waals surface area contributed by atoms with Gasteiger partial charge in [-0.3, -0.25) is 4.79 Å². The van der Waals surface area contributed by atoms with Gasteiger partial charge in [-0.25, -0.2) is 4.39 Å². The van der Waals surface area contributed by atoms with Crippen molar-refractivity contribution in [2.45, 2.75) is 25.7 Å². The summed E-state index contributed by atoms with van der Waals surface area (Å²) < 4.78 is 13.7. The first kappa shape index (κ1) is 10.8. The molecule has 0 amide bonds. The second kappa shape index (κ2) is 4.05. The summed E-state index contributed by atoms with van der Waals surface area (Å²) in [6.07, 6.45) is 1.47. The maximum absolute atomic E-state index is 12.9. The molecule has 1 aromatic carbocycles. The number of carbonyl (C=O) groups is 1. The van der Waals surface area contributed by atoms with Gasteiger partial charge in [0, 0.05) is 22.7 Å². The van der Waals surface area contributed by atoms with Crippen LogP contribution >= 0.6 is 15.9 Å². The predicted octanol–water partition coefficient (Wildman–Crippen LogP) is 3.67. The molecule has 0 N–H and O–H groups in total. The van der Waals surface area contributed by atoms with Gasteiger partial charge in [-0.15, -0.1) is 0 Å². The quantitative estimate of drug-likeness (QED) is 0.802. The number of halogens is 2. The molecule has 1 saturated carbocycles. The summed E-state index contributed by atoms with van der Waals surface area (Å²) in [6, 6.07) is 4.69. The minimum absolute atomic E-state index is 0.131. The minimum Gasteiger partial charge on any atom is -0.299 e. The van der Waals surface area contributed by atoms with Crippen LogP contribution in [0.1, 0.15) is 31.2 Å². The van der Waals surface area contributed by atoms with Crippen molar-refractivity contribution in [1.82, 2.24) is 0 Å². The van der Waals surface area contributed by atoms with E-state index in [1.54, 1.807) is 6.07 Å². The molecule has 0 spiro atoms. The molecule has 1 nitrogen and oxygen atoms in total. The number of carbonyl (C=O) groups excluding carboxylic acids is 1. The zero-order chi connectivity index (χ0) is 11.0. The smallest absolute Gasteiger partial charge is 0.137 e. The van der Waals surface area contributed by atoms with Gasteiger partial charge in [-0.1, -0.05) is 28.9 Å². The lowest BCUT2D eigenvalue weighted by molar-refractivity contribution is -0.131. The fraction of sp³-hybridized carbons (Fsp3) is 0.417. The Labute approximate surface area is 96.8 Å². The molecule has 0 heterocycles. The molecule has 1 aliphatic carbocycles. The summed E-state index contributed by atoms with van der Waals surface area (Å²) in [5.74, 6) is 0.493. The summed E-state index contributed by atoms with van der Waals surface area (Å²) in [5.41, 5.74) is 1.06. The molecule has 1 fully saturated rings. The van der Waals surface area contributed by atoms with E-state index in [-0.39, 0.29) is 17.7 Å². The molecule has 1 aliphatic rings. The molecule has 2 rings (SSSR count). The van der Waals surface area contributed by atoms with Crippen molar-refractivity contribution in [3.8, 4) is 0 Å². The van der Waals surface area contributed by atoms with Crippen LogP contribution < -0.4 is 0 Å². The lowest BCUT2D eigenvalue weighted by Gasteiger charge is -2.35. The van der Waals surface area contributed by atoms with E-state index in [0.29, 0.717) is 12.2 Å². The number of ketones is 1. The van der Waals surface area contributed by atoms with Crippen molar-refractivity contribution in [1.29, 1.82) is 0 Å². The van der Waals surface area contributed by atoms with E-state index in [4.69, 9.17) is 0 Å². The maximum Gasteiger partial charge on any atom is 0.137 e. The van der Waals surface area contributed by atoms with E-state index in [0.717, 1.165) is 16.5 Å². The number of rotatable bonds is 2. The van der Waals surface area contributed by atoms with Crippen LogP contribution in [0.25, 0.3) is 0 Å². The minimum atomic E-state index is -0.246. The van der Waals surface area contributed by atoms with Crippen LogP contribution in [0.2, 0.25) is 0 Å². The maximum atomic E-state index is 12.9. The van der Waals surface area contributed by atoms with Crippen LogP contribution in [0.3, 0.4) is 0 Å². The Hall–Kier alpha value is -0.700. The second-order valence-corrected chi connectivity index (χ2v) is 4.81. The molecule has 0 radical (unpaired) electrons. The number of benzene rings is 1. The van der Waals surface area contributed by atoms with Crippen LogP contribution in [0.5, 0.6) is 0 Å². The third kappa shape index (κ3) is 1.85. The van der Waals surface area contributed by atoms with Gasteiger partial charge in [0.05, 0.1) is 0 Å². The lowest BCUT2D eigenvalue weighted by atomic mass is 9.68. The highest BCUT2D eigenvalue weighted by molar-refractivity contribution is 9.10. The van der Waals surface area contributed by atoms with Crippen molar-refractivity contribution >= 4 is 21.7 Å². The van der Waals surface area contributed by atoms with Gasteiger partial charge >= 0.3 is 0 Å². The van der Waals surface area contributed by atoms with Crippen LogP contribution in [0.15, 0.2) is 22.7 Å². The van der Waals surface area contributed by atoms with Crippen LogP contribution in [0.4, 0.5) is 4.39 Å². The molecule has 80 valence electrons. The van der Waals surface area contributed by atoms with Gasteiger partial charge in [0.2, 0.25) is 0 Å². The lowest BCUT2D eigenvalue weighted by Crippen LogP contribution is -2.34. The summed E-state index contributed by atoms with van der Waals surface area (Å²) in [7, 11) is 0. The second-order valence-electron chi connectivity index (χ2n) is 3.96. The molecule has 3 heteroatoms. The van der Waals surface area contributed by atoms with Gasteiger partial charge in [0.25, 0.3) is 0 Å². The number of hydrogen-bond acceptors (Lipinski definition) is 1. The monoisotopic (exact) mass is 270 g/mol. The van der Waals surface area contributed by atoms with Crippen molar-refractivity contribution in [3.63, 3.8) is 0 Å². The van der Waals surface area contributed by atoms with Gasteiger partial charge < -0.3 is 0 Å². The zero-order valence-electron chi connectivity index (χ0n) is 8.47. The van der Waals surface area contributed by atoms with Crippen molar-refractivity contribution in [2.75, 3.05) is 0 Å². The fourth-order valence-electron chi connectivity index (χ4n) is 2.22. The Morgan fingerprint density at radius 2 is 2.27 bits per heavy atom. The van der Waals surface area contributed by atoms with Gasteiger partial charge in [-0.2, -0.15) is 0 Å². The first-order valence-electron chi connectivity index (χ1n) is 5.11. The summed E-state index contributed by atoms with van der Waals surface area (Å²) >= 11 is 3.35. The van der Waals surface area contributed by atoms with E-state index < -0.39 is 0 Å². The van der Waals surface area contributed by atoms with Gasteiger partial charge in [0.1, 0.15) is 11.6 Å². The van der Waals surface area contributed by atoms with Gasteiger partial charge in [-0.05, 0) is 24.1 Å². The molecular weight excluding hydrogens is 259 g/mol. The molecule has 15 heavy (non-hydrogen) atoms. The van der Waals surface area contributed by atoms with Crippen LogP contribution in [-0.2, 0) is 4.79 Å². The molecule has 2 unspecified atom stereocenters. The number of hydrogen-bond donors (Lipinski definition) is 0. The standard InChI is InChI=1S/C12H12BrFO/c1-2-8-10(6-12(8)15)9-4-3-7(14)5-11(9)13/h3-5,8,10H,2,6H2,1H3.